The summed E-state index contributed by atoms with van der Waals surface area (Å²) in [7, 11) is 0. The molecule has 1 aromatic heterocycles. The molecule has 0 fully saturated rings. The minimum atomic E-state index is -0.0870. The van der Waals surface area contributed by atoms with Gasteiger partial charge in [-0.1, -0.05) is 30.0 Å². The average molecular weight is 271 g/mol. The van der Waals surface area contributed by atoms with E-state index in [0.717, 1.165) is 18.7 Å². The first kappa shape index (κ1) is 13.7. The van der Waals surface area contributed by atoms with Gasteiger partial charge in [0.05, 0.1) is 6.54 Å². The van der Waals surface area contributed by atoms with E-state index in [1.54, 1.807) is 11.3 Å². The average Bonchev–Trinajstić information content (AvgIpc) is 2.91. The van der Waals surface area contributed by atoms with Gasteiger partial charge in [0.15, 0.2) is 0 Å². The third-order valence-corrected chi connectivity index (χ3v) is 3.74. The molecule has 19 heavy (non-hydrogen) atoms. The Morgan fingerprint density at radius 1 is 1.26 bits per heavy atom. The zero-order chi connectivity index (χ0) is 13.5. The van der Waals surface area contributed by atoms with Crippen molar-refractivity contribution < 1.29 is 5.11 Å². The molecule has 2 aromatic rings. The summed E-state index contributed by atoms with van der Waals surface area (Å²) < 4.78 is 0. The first-order chi connectivity index (χ1) is 9.33. The van der Waals surface area contributed by atoms with Gasteiger partial charge in [0.1, 0.15) is 6.61 Å². The molecule has 0 atom stereocenters. The van der Waals surface area contributed by atoms with E-state index in [4.69, 9.17) is 5.11 Å². The van der Waals surface area contributed by atoms with Crippen molar-refractivity contribution in [3.05, 3.63) is 52.2 Å². The maximum Gasteiger partial charge on any atom is 0.104 e. The molecule has 0 spiro atoms. The summed E-state index contributed by atoms with van der Waals surface area (Å²) in [5.41, 5.74) is 2.22. The zero-order valence-electron chi connectivity index (χ0n) is 11.0. The Labute approximate surface area is 118 Å². The number of anilines is 1. The molecule has 0 radical (unpaired) electrons. The van der Waals surface area contributed by atoms with E-state index < -0.39 is 0 Å². The second kappa shape index (κ2) is 6.98. The summed E-state index contributed by atoms with van der Waals surface area (Å²) in [4.78, 5) is 3.61. The molecule has 1 N–H and O–H groups in total. The van der Waals surface area contributed by atoms with Gasteiger partial charge in [0, 0.05) is 28.1 Å². The maximum absolute atomic E-state index is 8.69. The highest BCUT2D eigenvalue weighted by Gasteiger charge is 2.06. The summed E-state index contributed by atoms with van der Waals surface area (Å²) in [6.07, 6.45) is 0. The van der Waals surface area contributed by atoms with Crippen LogP contribution in [0.2, 0.25) is 0 Å². The van der Waals surface area contributed by atoms with E-state index in [2.05, 4.69) is 54.0 Å². The molecule has 0 aliphatic heterocycles. The topological polar surface area (TPSA) is 23.5 Å². The summed E-state index contributed by atoms with van der Waals surface area (Å²) in [5.74, 6) is 5.61. The smallest absolute Gasteiger partial charge is 0.104 e. The molecular weight excluding hydrogens is 254 g/mol. The fraction of sp³-hybridized carbons (Fsp3) is 0.250. The van der Waals surface area contributed by atoms with Crippen LogP contribution in [-0.2, 0) is 6.54 Å². The number of para-hydroxylation sites is 1. The van der Waals surface area contributed by atoms with E-state index in [9.17, 15) is 0 Å². The molecule has 2 nitrogen and oxygen atoms in total. The van der Waals surface area contributed by atoms with E-state index in [1.165, 1.54) is 10.6 Å². The number of aliphatic hydroxyl groups is 1. The highest BCUT2D eigenvalue weighted by atomic mass is 32.1. The number of aliphatic hydroxyl groups excluding tert-OH is 1. The van der Waals surface area contributed by atoms with E-state index in [0.29, 0.717) is 0 Å². The Balaban J connectivity index is 2.09. The SMILES string of the molecule is CCN(Cc1cc(C#CCO)cs1)c1ccccc1. The largest absolute Gasteiger partial charge is 0.384 e. The predicted molar refractivity (Wildman–Crippen MR) is 81.4 cm³/mol. The monoisotopic (exact) mass is 271 g/mol. The van der Waals surface area contributed by atoms with Crippen molar-refractivity contribution in [2.24, 2.45) is 0 Å². The van der Waals surface area contributed by atoms with Crippen LogP contribution in [0.5, 0.6) is 0 Å². The van der Waals surface area contributed by atoms with Crippen LogP contribution in [0.1, 0.15) is 17.4 Å². The van der Waals surface area contributed by atoms with Crippen LogP contribution in [0.25, 0.3) is 0 Å². The minimum absolute atomic E-state index is 0.0870. The van der Waals surface area contributed by atoms with Gasteiger partial charge in [-0.3, -0.25) is 0 Å². The number of rotatable bonds is 4. The molecule has 0 aliphatic carbocycles. The van der Waals surface area contributed by atoms with Crippen molar-refractivity contribution in [3.63, 3.8) is 0 Å². The van der Waals surface area contributed by atoms with Crippen molar-refractivity contribution in [1.29, 1.82) is 0 Å². The molecule has 0 amide bonds. The lowest BCUT2D eigenvalue weighted by atomic mass is 10.2. The Bertz CT molecular complexity index is 565. The zero-order valence-corrected chi connectivity index (χ0v) is 11.8. The van der Waals surface area contributed by atoms with Gasteiger partial charge >= 0.3 is 0 Å². The first-order valence-electron chi connectivity index (χ1n) is 6.30. The lowest BCUT2D eigenvalue weighted by Gasteiger charge is -2.22. The van der Waals surface area contributed by atoms with Crippen molar-refractivity contribution in [3.8, 4) is 11.8 Å². The quantitative estimate of drug-likeness (QED) is 0.864. The molecule has 0 bridgehead atoms. The third-order valence-electron chi connectivity index (χ3n) is 2.82. The summed E-state index contributed by atoms with van der Waals surface area (Å²) in [6.45, 7) is 3.94. The summed E-state index contributed by atoms with van der Waals surface area (Å²) in [6, 6.07) is 12.5. The van der Waals surface area contributed by atoms with Crippen LogP contribution < -0.4 is 4.90 Å². The van der Waals surface area contributed by atoms with Crippen LogP contribution in [0.3, 0.4) is 0 Å². The molecule has 2 rings (SSSR count). The molecule has 0 unspecified atom stereocenters. The van der Waals surface area contributed by atoms with Gasteiger partial charge in [0.25, 0.3) is 0 Å². The molecule has 0 aliphatic rings. The molecule has 1 heterocycles. The normalized spacial score (nSPS) is 9.79. The van der Waals surface area contributed by atoms with Gasteiger partial charge in [-0.2, -0.15) is 0 Å². The summed E-state index contributed by atoms with van der Waals surface area (Å²) >= 11 is 1.71. The minimum Gasteiger partial charge on any atom is -0.384 e. The van der Waals surface area contributed by atoms with Gasteiger partial charge in [-0.25, -0.2) is 0 Å². The van der Waals surface area contributed by atoms with Gasteiger partial charge in [-0.15, -0.1) is 11.3 Å². The fourth-order valence-corrected chi connectivity index (χ4v) is 2.71. The van der Waals surface area contributed by atoms with Crippen LogP contribution in [0.15, 0.2) is 41.8 Å². The number of benzene rings is 1. The molecule has 98 valence electrons. The Kier molecular flexibility index (Phi) is 5.02. The highest BCUT2D eigenvalue weighted by Crippen LogP contribution is 2.20. The van der Waals surface area contributed by atoms with E-state index >= 15 is 0 Å². The van der Waals surface area contributed by atoms with Crippen molar-refractivity contribution in [2.45, 2.75) is 13.5 Å². The second-order valence-electron chi connectivity index (χ2n) is 4.11. The van der Waals surface area contributed by atoms with Crippen LogP contribution in [0.4, 0.5) is 5.69 Å². The van der Waals surface area contributed by atoms with Crippen molar-refractivity contribution >= 4 is 17.0 Å². The predicted octanol–water partition coefficient (Wildman–Crippen LogP) is 3.12. The van der Waals surface area contributed by atoms with Crippen molar-refractivity contribution in [2.75, 3.05) is 18.1 Å². The molecule has 3 heteroatoms. The Hall–Kier alpha value is -1.76. The first-order valence-corrected chi connectivity index (χ1v) is 7.18. The Morgan fingerprint density at radius 2 is 2.05 bits per heavy atom. The lowest BCUT2D eigenvalue weighted by molar-refractivity contribution is 0.350. The van der Waals surface area contributed by atoms with Crippen LogP contribution >= 0.6 is 11.3 Å². The maximum atomic E-state index is 8.69. The third kappa shape index (κ3) is 3.85. The molecule has 1 aromatic carbocycles. The van der Waals surface area contributed by atoms with Gasteiger partial charge in [0.2, 0.25) is 0 Å². The van der Waals surface area contributed by atoms with Gasteiger partial charge < -0.3 is 10.0 Å². The number of hydrogen-bond acceptors (Lipinski definition) is 3. The second-order valence-corrected chi connectivity index (χ2v) is 5.11. The Morgan fingerprint density at radius 3 is 2.74 bits per heavy atom. The van der Waals surface area contributed by atoms with Crippen LogP contribution in [-0.4, -0.2) is 18.3 Å². The molecule has 0 saturated carbocycles. The number of thiophene rings is 1. The number of hydrogen-bond donors (Lipinski definition) is 1. The lowest BCUT2D eigenvalue weighted by Crippen LogP contribution is -2.21. The summed E-state index contributed by atoms with van der Waals surface area (Å²) in [5, 5.41) is 10.7. The highest BCUT2D eigenvalue weighted by molar-refractivity contribution is 7.10. The number of nitrogens with zero attached hydrogens (tertiary/aromatic N) is 1. The standard InChI is InChI=1S/C16H17NOS/c1-2-17(15-8-4-3-5-9-15)12-16-11-14(13-19-16)7-6-10-18/h3-5,8-9,11,13,18H,2,10,12H2,1H3. The van der Waals surface area contributed by atoms with E-state index in [-0.39, 0.29) is 6.61 Å². The molecule has 0 saturated heterocycles. The van der Waals surface area contributed by atoms with Gasteiger partial charge in [-0.05, 0) is 25.1 Å². The van der Waals surface area contributed by atoms with Crippen LogP contribution in [0, 0.1) is 11.8 Å². The van der Waals surface area contributed by atoms with Crippen molar-refractivity contribution in [1.82, 2.24) is 0 Å². The molecular formula is C16H17NOS. The fourth-order valence-electron chi connectivity index (χ4n) is 1.88. The van der Waals surface area contributed by atoms with E-state index in [1.807, 2.05) is 11.4 Å².